The summed E-state index contributed by atoms with van der Waals surface area (Å²) in [5.74, 6) is 1.14. The van der Waals surface area contributed by atoms with Crippen molar-refractivity contribution in [1.29, 1.82) is 0 Å². The Labute approximate surface area is 175 Å². The molecule has 0 unspecified atom stereocenters. The van der Waals surface area contributed by atoms with Crippen molar-refractivity contribution < 1.29 is 0 Å². The highest BCUT2D eigenvalue weighted by Gasteiger charge is 2.25. The van der Waals surface area contributed by atoms with Crippen LogP contribution in [-0.4, -0.2) is 56.7 Å². The number of aromatic amines is 1. The molecule has 8 nitrogen and oxygen atoms in total. The molecule has 3 heterocycles. The number of aromatic nitrogens is 4. The topological polar surface area (TPSA) is 79.2 Å². The van der Waals surface area contributed by atoms with Crippen molar-refractivity contribution in [3.63, 3.8) is 0 Å². The quantitative estimate of drug-likeness (QED) is 0.665. The predicted octanol–water partition coefficient (Wildman–Crippen LogP) is 1.44. The molecule has 30 heavy (non-hydrogen) atoms. The smallest absolute Gasteiger partial charge is 0.329 e. The molecule has 0 radical (unpaired) electrons. The van der Waals surface area contributed by atoms with E-state index in [4.69, 9.17) is 4.98 Å². The second-order valence-electron chi connectivity index (χ2n) is 8.47. The van der Waals surface area contributed by atoms with E-state index in [0.29, 0.717) is 23.6 Å². The van der Waals surface area contributed by atoms with E-state index >= 15 is 0 Å². The molecule has 0 amide bonds. The minimum absolute atomic E-state index is 0.352. The molecule has 3 aromatic rings. The Balaban J connectivity index is 1.55. The summed E-state index contributed by atoms with van der Waals surface area (Å²) in [7, 11) is 1.65. The molecular weight excluding hydrogens is 380 g/mol. The van der Waals surface area contributed by atoms with E-state index in [1.807, 2.05) is 10.6 Å². The first-order valence-corrected chi connectivity index (χ1v) is 10.6. The van der Waals surface area contributed by atoms with Gasteiger partial charge in [0.05, 0.1) is 0 Å². The van der Waals surface area contributed by atoms with Crippen LogP contribution in [0.5, 0.6) is 0 Å². The van der Waals surface area contributed by atoms with Crippen LogP contribution in [-0.2, 0) is 20.0 Å². The third-order valence-corrected chi connectivity index (χ3v) is 5.75. The summed E-state index contributed by atoms with van der Waals surface area (Å²) in [6.07, 6.45) is 1.05. The molecule has 160 valence electrons. The standard InChI is InChI=1S/C22H30N6O2/c1-16(2)15-28-18-19(25(3)22(30)24-20(18)29)23-21(28)27-13-11-26(12-14-27)10-9-17-7-5-4-6-8-17/h4-8,16H,9-15H2,1-3H3,(H,24,29,30). The van der Waals surface area contributed by atoms with E-state index in [1.165, 1.54) is 10.1 Å². The highest BCUT2D eigenvalue weighted by Crippen LogP contribution is 2.22. The van der Waals surface area contributed by atoms with E-state index < -0.39 is 5.69 Å². The Bertz CT molecular complexity index is 1120. The van der Waals surface area contributed by atoms with Gasteiger partial charge in [-0.25, -0.2) is 4.79 Å². The van der Waals surface area contributed by atoms with Crippen molar-refractivity contribution >= 4 is 17.1 Å². The fourth-order valence-electron chi connectivity index (χ4n) is 4.11. The van der Waals surface area contributed by atoms with E-state index in [9.17, 15) is 9.59 Å². The molecule has 8 heteroatoms. The minimum Gasteiger partial charge on any atom is -0.340 e. The van der Waals surface area contributed by atoms with Crippen LogP contribution in [0.2, 0.25) is 0 Å². The molecule has 0 bridgehead atoms. The average Bonchev–Trinajstić information content (AvgIpc) is 3.11. The van der Waals surface area contributed by atoms with Crippen LogP contribution < -0.4 is 16.1 Å². The molecule has 1 aromatic carbocycles. The molecule has 1 saturated heterocycles. The van der Waals surface area contributed by atoms with Gasteiger partial charge in [-0.3, -0.25) is 19.2 Å². The number of nitrogens with one attached hydrogen (secondary N) is 1. The molecule has 1 N–H and O–H groups in total. The molecular formula is C22H30N6O2. The minimum atomic E-state index is -0.432. The number of nitrogens with zero attached hydrogens (tertiary/aromatic N) is 5. The summed E-state index contributed by atoms with van der Waals surface area (Å²) >= 11 is 0. The molecule has 1 fully saturated rings. The Morgan fingerprint density at radius 3 is 2.43 bits per heavy atom. The molecule has 0 saturated carbocycles. The molecule has 1 aliphatic rings. The van der Waals surface area contributed by atoms with Crippen molar-refractivity contribution in [2.45, 2.75) is 26.8 Å². The number of piperazine rings is 1. The number of benzene rings is 1. The lowest BCUT2D eigenvalue weighted by molar-refractivity contribution is 0.259. The maximum absolute atomic E-state index is 12.6. The molecule has 0 spiro atoms. The second-order valence-corrected chi connectivity index (χ2v) is 8.47. The third kappa shape index (κ3) is 4.05. The van der Waals surface area contributed by atoms with Crippen LogP contribution in [0.15, 0.2) is 39.9 Å². The molecule has 0 aliphatic carbocycles. The Hall–Kier alpha value is -2.87. The lowest BCUT2D eigenvalue weighted by atomic mass is 10.1. The average molecular weight is 411 g/mol. The second kappa shape index (κ2) is 8.47. The van der Waals surface area contributed by atoms with Crippen LogP contribution >= 0.6 is 0 Å². The number of aryl methyl sites for hydroxylation is 1. The predicted molar refractivity (Wildman–Crippen MR) is 119 cm³/mol. The number of anilines is 1. The lowest BCUT2D eigenvalue weighted by Gasteiger charge is -2.35. The molecule has 4 rings (SSSR count). The van der Waals surface area contributed by atoms with E-state index in [0.717, 1.165) is 45.1 Å². The maximum Gasteiger partial charge on any atom is 0.329 e. The molecule has 1 aliphatic heterocycles. The van der Waals surface area contributed by atoms with Gasteiger partial charge < -0.3 is 9.47 Å². The first-order chi connectivity index (χ1) is 14.4. The zero-order valence-corrected chi connectivity index (χ0v) is 18.0. The van der Waals surface area contributed by atoms with Crippen LogP contribution in [0.4, 0.5) is 5.95 Å². The fraction of sp³-hybridized carbons (Fsp3) is 0.500. The highest BCUT2D eigenvalue weighted by molar-refractivity contribution is 5.74. The Morgan fingerprint density at radius 1 is 1.07 bits per heavy atom. The number of imidazole rings is 1. The summed E-state index contributed by atoms with van der Waals surface area (Å²) in [4.78, 5) is 36.5. The van der Waals surface area contributed by atoms with Gasteiger partial charge in [-0.2, -0.15) is 4.98 Å². The Morgan fingerprint density at radius 2 is 1.77 bits per heavy atom. The van der Waals surface area contributed by atoms with Crippen LogP contribution in [0.3, 0.4) is 0 Å². The van der Waals surface area contributed by atoms with Crippen molar-refractivity contribution in [1.82, 2.24) is 24.0 Å². The number of H-pyrrole nitrogens is 1. The van der Waals surface area contributed by atoms with Gasteiger partial charge in [-0.05, 0) is 17.9 Å². The van der Waals surface area contributed by atoms with Gasteiger partial charge in [0.15, 0.2) is 11.2 Å². The van der Waals surface area contributed by atoms with Gasteiger partial charge in [-0.15, -0.1) is 0 Å². The zero-order valence-electron chi connectivity index (χ0n) is 18.0. The number of hydrogen-bond donors (Lipinski definition) is 1. The SMILES string of the molecule is CC(C)Cn1c(N2CCN(CCc3ccccc3)CC2)nc2c1c(=O)[nH]c(=O)n2C. The zero-order chi connectivity index (χ0) is 21.3. The van der Waals surface area contributed by atoms with Gasteiger partial charge in [0, 0.05) is 46.3 Å². The van der Waals surface area contributed by atoms with E-state index in [2.05, 4.69) is 52.9 Å². The number of hydrogen-bond acceptors (Lipinski definition) is 5. The largest absolute Gasteiger partial charge is 0.340 e. The number of fused-ring (bicyclic) bond motifs is 1. The third-order valence-electron chi connectivity index (χ3n) is 5.75. The summed E-state index contributed by atoms with van der Waals surface area (Å²) in [5.41, 5.74) is 1.49. The fourth-order valence-corrected chi connectivity index (χ4v) is 4.11. The van der Waals surface area contributed by atoms with E-state index in [1.54, 1.807) is 7.05 Å². The highest BCUT2D eigenvalue weighted by atomic mass is 16.2. The van der Waals surface area contributed by atoms with Crippen molar-refractivity contribution in [3.05, 3.63) is 56.7 Å². The van der Waals surface area contributed by atoms with Crippen LogP contribution in [0.25, 0.3) is 11.2 Å². The van der Waals surface area contributed by atoms with Gasteiger partial charge >= 0.3 is 5.69 Å². The Kier molecular flexibility index (Phi) is 5.76. The summed E-state index contributed by atoms with van der Waals surface area (Å²) in [6.45, 7) is 9.56. The van der Waals surface area contributed by atoms with Crippen LogP contribution in [0.1, 0.15) is 19.4 Å². The van der Waals surface area contributed by atoms with Crippen molar-refractivity contribution in [2.24, 2.45) is 13.0 Å². The van der Waals surface area contributed by atoms with Crippen LogP contribution in [0, 0.1) is 5.92 Å². The monoisotopic (exact) mass is 410 g/mol. The van der Waals surface area contributed by atoms with Crippen molar-refractivity contribution in [2.75, 3.05) is 37.6 Å². The number of rotatable bonds is 6. The summed E-state index contributed by atoms with van der Waals surface area (Å²) in [5, 5.41) is 0. The normalized spacial score (nSPS) is 15.4. The van der Waals surface area contributed by atoms with Gasteiger partial charge in [0.2, 0.25) is 5.95 Å². The maximum atomic E-state index is 12.6. The first kappa shape index (κ1) is 20.4. The van der Waals surface area contributed by atoms with Crippen molar-refractivity contribution in [3.8, 4) is 0 Å². The molecule has 2 aromatic heterocycles. The first-order valence-electron chi connectivity index (χ1n) is 10.6. The lowest BCUT2D eigenvalue weighted by Crippen LogP contribution is -2.47. The van der Waals surface area contributed by atoms with E-state index in [-0.39, 0.29) is 5.56 Å². The van der Waals surface area contributed by atoms with Gasteiger partial charge in [0.25, 0.3) is 5.56 Å². The summed E-state index contributed by atoms with van der Waals surface area (Å²) in [6, 6.07) is 10.6. The van der Waals surface area contributed by atoms with Gasteiger partial charge in [-0.1, -0.05) is 44.2 Å². The molecule has 0 atom stereocenters. The summed E-state index contributed by atoms with van der Waals surface area (Å²) < 4.78 is 3.41. The van der Waals surface area contributed by atoms with Gasteiger partial charge in [0.1, 0.15) is 0 Å².